The molecule has 7 heteroatoms. The largest absolute Gasteiger partial charge is 0.358 e. The molecule has 2 rings (SSSR count). The van der Waals surface area contributed by atoms with Crippen LogP contribution in [0.25, 0.3) is 0 Å². The number of carbonyl (C=O) groups is 1. The van der Waals surface area contributed by atoms with Crippen molar-refractivity contribution in [3.63, 3.8) is 0 Å². The van der Waals surface area contributed by atoms with Gasteiger partial charge in [0.2, 0.25) is 0 Å². The van der Waals surface area contributed by atoms with Crippen LogP contribution in [-0.4, -0.2) is 16.8 Å². The van der Waals surface area contributed by atoms with Gasteiger partial charge >= 0.3 is 0 Å². The fourth-order valence-electron chi connectivity index (χ4n) is 1.40. The quantitative estimate of drug-likeness (QED) is 0.438. The van der Waals surface area contributed by atoms with Crippen LogP contribution in [0.4, 0.5) is 5.82 Å². The maximum absolute atomic E-state index is 11.8. The fourth-order valence-corrected chi connectivity index (χ4v) is 3.06. The predicted octanol–water partition coefficient (Wildman–Crippen LogP) is 4.05. The second kappa shape index (κ2) is 7.66. The normalized spacial score (nSPS) is 10.1. The fraction of sp³-hybridized carbons (Fsp3) is 0.0769. The van der Waals surface area contributed by atoms with Crippen molar-refractivity contribution in [2.24, 2.45) is 0 Å². The minimum atomic E-state index is -0.111. The highest BCUT2D eigenvalue weighted by molar-refractivity contribution is 9.11. The lowest BCUT2D eigenvalue weighted by Gasteiger charge is -2.08. The zero-order chi connectivity index (χ0) is 14.4. The van der Waals surface area contributed by atoms with Crippen molar-refractivity contribution in [1.29, 1.82) is 0 Å². The summed E-state index contributed by atoms with van der Waals surface area (Å²) in [5.74, 6) is 1.14. The summed E-state index contributed by atoms with van der Waals surface area (Å²) in [6.07, 6.45) is 1.71. The Kier molecular flexibility index (Phi) is 5.87. The van der Waals surface area contributed by atoms with Gasteiger partial charge in [0.05, 0.1) is 10.3 Å². The number of hydrogen-bond donors (Lipinski definition) is 2. The van der Waals surface area contributed by atoms with Gasteiger partial charge in [0, 0.05) is 16.2 Å². The number of amides is 1. The molecule has 0 spiro atoms. The lowest BCUT2D eigenvalue weighted by Crippen LogP contribution is -2.18. The lowest BCUT2D eigenvalue weighted by atomic mass is 10.2. The molecule has 0 saturated carbocycles. The van der Waals surface area contributed by atoms with Gasteiger partial charge < -0.3 is 5.32 Å². The number of benzene rings is 1. The van der Waals surface area contributed by atoms with Gasteiger partial charge in [-0.05, 0) is 62.0 Å². The van der Waals surface area contributed by atoms with Crippen molar-refractivity contribution in [2.45, 2.75) is 0 Å². The van der Waals surface area contributed by atoms with Crippen LogP contribution in [0.5, 0.6) is 0 Å². The third-order valence-electron chi connectivity index (χ3n) is 2.32. The Balaban J connectivity index is 1.78. The van der Waals surface area contributed by atoms with Crippen LogP contribution >= 0.6 is 43.8 Å². The number of carbonyl (C=O) groups excluding carboxylic acids is 1. The van der Waals surface area contributed by atoms with Gasteiger partial charge in [-0.3, -0.25) is 9.52 Å². The Labute approximate surface area is 138 Å². The average molecular weight is 417 g/mol. The van der Waals surface area contributed by atoms with Gasteiger partial charge in [-0.1, -0.05) is 18.2 Å². The lowest BCUT2D eigenvalue weighted by molar-refractivity contribution is 0.0984. The molecule has 0 fully saturated rings. The van der Waals surface area contributed by atoms with Gasteiger partial charge in [0.25, 0.3) is 5.91 Å². The molecule has 20 heavy (non-hydrogen) atoms. The molecule has 4 nitrogen and oxygen atoms in total. The van der Waals surface area contributed by atoms with E-state index in [0.29, 0.717) is 11.4 Å². The van der Waals surface area contributed by atoms with E-state index < -0.39 is 0 Å². The molecule has 0 aliphatic rings. The van der Waals surface area contributed by atoms with Crippen LogP contribution in [0.2, 0.25) is 0 Å². The van der Waals surface area contributed by atoms with Crippen molar-refractivity contribution in [3.8, 4) is 0 Å². The molecule has 1 amide bonds. The number of nitrogens with one attached hydrogen (secondary N) is 2. The summed E-state index contributed by atoms with van der Waals surface area (Å²) in [4.78, 5) is 16.0. The molecule has 0 aliphatic heterocycles. The molecule has 0 atom stereocenters. The minimum Gasteiger partial charge on any atom is -0.358 e. The first kappa shape index (κ1) is 15.3. The van der Waals surface area contributed by atoms with Gasteiger partial charge in [-0.2, -0.15) is 0 Å². The summed E-state index contributed by atoms with van der Waals surface area (Å²) >= 11 is 8.03. The van der Waals surface area contributed by atoms with E-state index in [2.05, 4.69) is 46.9 Å². The molecule has 104 valence electrons. The van der Waals surface area contributed by atoms with Crippen LogP contribution in [-0.2, 0) is 0 Å². The number of pyridine rings is 1. The van der Waals surface area contributed by atoms with Crippen molar-refractivity contribution in [3.05, 3.63) is 57.1 Å². The molecule has 1 aromatic heterocycles. The van der Waals surface area contributed by atoms with Crippen LogP contribution < -0.4 is 10.0 Å². The Morgan fingerprint density at radius 2 is 2.00 bits per heavy atom. The molecule has 0 radical (unpaired) electrons. The highest BCUT2D eigenvalue weighted by Crippen LogP contribution is 2.23. The highest BCUT2D eigenvalue weighted by Gasteiger charge is 2.05. The van der Waals surface area contributed by atoms with E-state index >= 15 is 0 Å². The molecule has 0 saturated heterocycles. The van der Waals surface area contributed by atoms with E-state index in [9.17, 15) is 4.79 Å². The van der Waals surface area contributed by atoms with Gasteiger partial charge in [-0.15, -0.1) is 0 Å². The molecule has 0 aliphatic carbocycles. The van der Waals surface area contributed by atoms with Crippen molar-refractivity contribution in [1.82, 2.24) is 9.71 Å². The first-order valence-electron chi connectivity index (χ1n) is 5.69. The van der Waals surface area contributed by atoms with E-state index in [1.54, 1.807) is 18.3 Å². The zero-order valence-electron chi connectivity index (χ0n) is 10.3. The summed E-state index contributed by atoms with van der Waals surface area (Å²) in [7, 11) is 0. The number of anilines is 1. The smallest absolute Gasteiger partial charge is 0.261 e. The average Bonchev–Trinajstić information content (AvgIpc) is 2.46. The highest BCUT2D eigenvalue weighted by atomic mass is 79.9. The van der Waals surface area contributed by atoms with Crippen LogP contribution in [0.15, 0.2) is 51.5 Å². The SMILES string of the molecule is O=C(NSCNc1ncc(Br)cc1Br)c1ccccc1. The Morgan fingerprint density at radius 1 is 1.25 bits per heavy atom. The summed E-state index contributed by atoms with van der Waals surface area (Å²) in [6.45, 7) is 0. The zero-order valence-corrected chi connectivity index (χ0v) is 14.3. The molecule has 2 N–H and O–H groups in total. The third-order valence-corrected chi connectivity index (χ3v) is 3.98. The van der Waals surface area contributed by atoms with Crippen molar-refractivity contribution < 1.29 is 4.79 Å². The predicted molar refractivity (Wildman–Crippen MR) is 89.6 cm³/mol. The minimum absolute atomic E-state index is 0.111. The Morgan fingerprint density at radius 3 is 2.70 bits per heavy atom. The van der Waals surface area contributed by atoms with E-state index in [4.69, 9.17) is 0 Å². The van der Waals surface area contributed by atoms with Gasteiger partial charge in [0.15, 0.2) is 0 Å². The number of halogens is 2. The number of aromatic nitrogens is 1. The van der Waals surface area contributed by atoms with Gasteiger partial charge in [-0.25, -0.2) is 4.98 Å². The first-order valence-corrected chi connectivity index (χ1v) is 8.26. The summed E-state index contributed by atoms with van der Waals surface area (Å²) in [6, 6.07) is 11.0. The Bertz CT molecular complexity index is 595. The second-order valence-corrected chi connectivity index (χ2v) is 6.30. The number of hydrogen-bond acceptors (Lipinski definition) is 4. The third kappa shape index (κ3) is 4.50. The summed E-state index contributed by atoms with van der Waals surface area (Å²) in [5.41, 5.74) is 0.642. The molecule has 1 aromatic carbocycles. The maximum atomic E-state index is 11.8. The Hall–Kier alpha value is -1.05. The molecule has 1 heterocycles. The van der Waals surface area contributed by atoms with E-state index in [0.717, 1.165) is 14.8 Å². The van der Waals surface area contributed by atoms with E-state index in [1.807, 2.05) is 24.3 Å². The first-order chi connectivity index (χ1) is 9.66. The summed E-state index contributed by atoms with van der Waals surface area (Å²) < 4.78 is 4.53. The monoisotopic (exact) mass is 415 g/mol. The van der Waals surface area contributed by atoms with E-state index in [1.165, 1.54) is 11.9 Å². The molecular weight excluding hydrogens is 406 g/mol. The van der Waals surface area contributed by atoms with Crippen molar-refractivity contribution >= 4 is 55.5 Å². The number of nitrogens with zero attached hydrogens (tertiary/aromatic N) is 1. The van der Waals surface area contributed by atoms with Crippen molar-refractivity contribution in [2.75, 3.05) is 11.2 Å². The molecule has 0 bridgehead atoms. The van der Waals surface area contributed by atoms with Crippen LogP contribution in [0.1, 0.15) is 10.4 Å². The van der Waals surface area contributed by atoms with E-state index in [-0.39, 0.29) is 5.91 Å². The van der Waals surface area contributed by atoms with Gasteiger partial charge in [0.1, 0.15) is 5.82 Å². The molecule has 2 aromatic rings. The van der Waals surface area contributed by atoms with Crippen LogP contribution in [0.3, 0.4) is 0 Å². The number of rotatable bonds is 5. The molecular formula is C13H11Br2N3OS. The summed E-state index contributed by atoms with van der Waals surface area (Å²) in [5, 5.41) is 3.12. The topological polar surface area (TPSA) is 54.0 Å². The maximum Gasteiger partial charge on any atom is 0.261 e. The van der Waals surface area contributed by atoms with Crippen LogP contribution in [0, 0.1) is 0 Å². The second-order valence-electron chi connectivity index (χ2n) is 3.75. The molecule has 0 unspecified atom stereocenters. The standard InChI is InChI=1S/C13H11Br2N3OS/c14-10-6-11(15)12(16-7-10)17-8-20-18-13(19)9-4-2-1-3-5-9/h1-7H,8H2,(H,16,17)(H,18,19).